The largest absolute Gasteiger partial charge is 0.465 e. The molecule has 0 radical (unpaired) electrons. The number of benzene rings is 1. The summed E-state index contributed by atoms with van der Waals surface area (Å²) in [6, 6.07) is 15.0. The van der Waals surface area contributed by atoms with Gasteiger partial charge >= 0.3 is 0 Å². The molecule has 0 aliphatic carbocycles. The third kappa shape index (κ3) is 2.98. The summed E-state index contributed by atoms with van der Waals surface area (Å²) in [6.07, 6.45) is 0. The molecule has 0 spiro atoms. The first-order chi connectivity index (χ1) is 8.16. The Hall–Kier alpha value is -1.54. The summed E-state index contributed by atoms with van der Waals surface area (Å²) in [5, 5.41) is 3.53. The van der Waals surface area contributed by atoms with Crippen LogP contribution in [0.25, 0.3) is 0 Å². The molecule has 1 heterocycles. The second-order valence-electron chi connectivity index (χ2n) is 4.47. The lowest BCUT2D eigenvalue weighted by molar-refractivity contribution is 0.392. The lowest BCUT2D eigenvalue weighted by atomic mass is 10.1. The van der Waals surface area contributed by atoms with Crippen molar-refractivity contribution >= 4 is 0 Å². The molecular weight excluding hydrogens is 210 g/mol. The first-order valence-corrected chi connectivity index (χ1v) is 6.04. The summed E-state index contributed by atoms with van der Waals surface area (Å²) in [5.41, 5.74) is 1.29. The van der Waals surface area contributed by atoms with Gasteiger partial charge in [0.05, 0.1) is 6.04 Å². The Labute approximate surface area is 103 Å². The maximum Gasteiger partial charge on any atom is 0.120 e. The van der Waals surface area contributed by atoms with Gasteiger partial charge in [0.2, 0.25) is 0 Å². The van der Waals surface area contributed by atoms with Crippen LogP contribution in [-0.4, -0.2) is 0 Å². The molecule has 2 heteroatoms. The van der Waals surface area contributed by atoms with Crippen LogP contribution in [0.5, 0.6) is 0 Å². The third-order valence-corrected chi connectivity index (χ3v) is 2.99. The van der Waals surface area contributed by atoms with Gasteiger partial charge in [-0.05, 0) is 38.5 Å². The van der Waals surface area contributed by atoms with Crippen LogP contribution in [0.2, 0.25) is 0 Å². The predicted octanol–water partition coefficient (Wildman–Crippen LogP) is 4.00. The van der Waals surface area contributed by atoms with E-state index in [1.54, 1.807) is 0 Å². The molecule has 2 nitrogen and oxygen atoms in total. The third-order valence-electron chi connectivity index (χ3n) is 2.99. The van der Waals surface area contributed by atoms with Gasteiger partial charge in [0, 0.05) is 6.04 Å². The molecule has 1 unspecified atom stereocenters. The van der Waals surface area contributed by atoms with Crippen molar-refractivity contribution in [2.45, 2.75) is 32.9 Å². The van der Waals surface area contributed by atoms with E-state index in [1.807, 2.05) is 25.1 Å². The second-order valence-corrected chi connectivity index (χ2v) is 4.47. The van der Waals surface area contributed by atoms with Gasteiger partial charge < -0.3 is 9.73 Å². The van der Waals surface area contributed by atoms with Gasteiger partial charge in [0.15, 0.2) is 0 Å². The van der Waals surface area contributed by atoms with Crippen LogP contribution >= 0.6 is 0 Å². The zero-order valence-electron chi connectivity index (χ0n) is 10.6. The van der Waals surface area contributed by atoms with Crippen LogP contribution in [-0.2, 0) is 0 Å². The van der Waals surface area contributed by atoms with E-state index in [0.29, 0.717) is 6.04 Å². The standard InChI is InChI=1S/C15H19NO/c1-11-9-10-15(17-11)13(3)16-12(2)14-7-5-4-6-8-14/h4-10,12-13,16H,1-3H3/t12-,13?/m1/s1. The summed E-state index contributed by atoms with van der Waals surface area (Å²) >= 11 is 0. The minimum Gasteiger partial charge on any atom is -0.465 e. The smallest absolute Gasteiger partial charge is 0.120 e. The fourth-order valence-corrected chi connectivity index (χ4v) is 1.98. The Morgan fingerprint density at radius 1 is 0.941 bits per heavy atom. The molecule has 0 aliphatic heterocycles. The van der Waals surface area contributed by atoms with Crippen molar-refractivity contribution in [3.63, 3.8) is 0 Å². The van der Waals surface area contributed by atoms with Gasteiger partial charge in [-0.1, -0.05) is 30.3 Å². The molecule has 0 bridgehead atoms. The van der Waals surface area contributed by atoms with Crippen LogP contribution < -0.4 is 5.32 Å². The van der Waals surface area contributed by atoms with Crippen molar-refractivity contribution in [1.82, 2.24) is 5.32 Å². The zero-order valence-corrected chi connectivity index (χ0v) is 10.6. The highest BCUT2D eigenvalue weighted by Gasteiger charge is 2.13. The van der Waals surface area contributed by atoms with Crippen molar-refractivity contribution in [3.8, 4) is 0 Å². The summed E-state index contributed by atoms with van der Waals surface area (Å²) in [5.74, 6) is 1.95. The number of nitrogens with one attached hydrogen (secondary N) is 1. The lowest BCUT2D eigenvalue weighted by Gasteiger charge is -2.18. The van der Waals surface area contributed by atoms with E-state index in [0.717, 1.165) is 11.5 Å². The van der Waals surface area contributed by atoms with E-state index < -0.39 is 0 Å². The highest BCUT2D eigenvalue weighted by molar-refractivity contribution is 5.19. The summed E-state index contributed by atoms with van der Waals surface area (Å²) in [7, 11) is 0. The predicted molar refractivity (Wildman–Crippen MR) is 69.9 cm³/mol. The summed E-state index contributed by atoms with van der Waals surface area (Å²) < 4.78 is 5.62. The SMILES string of the molecule is Cc1ccc(C(C)N[C@H](C)c2ccccc2)o1. The highest BCUT2D eigenvalue weighted by Crippen LogP contribution is 2.20. The van der Waals surface area contributed by atoms with Crippen LogP contribution in [0.4, 0.5) is 0 Å². The normalized spacial score (nSPS) is 14.5. The molecule has 0 amide bonds. The molecule has 0 saturated carbocycles. The van der Waals surface area contributed by atoms with Crippen LogP contribution in [0, 0.1) is 6.92 Å². The first kappa shape index (κ1) is 11.9. The Balaban J connectivity index is 2.02. The Morgan fingerprint density at radius 2 is 1.65 bits per heavy atom. The van der Waals surface area contributed by atoms with Crippen molar-refractivity contribution in [2.24, 2.45) is 0 Å². The van der Waals surface area contributed by atoms with Crippen molar-refractivity contribution < 1.29 is 4.42 Å². The van der Waals surface area contributed by atoms with E-state index in [-0.39, 0.29) is 6.04 Å². The summed E-state index contributed by atoms with van der Waals surface area (Å²) in [4.78, 5) is 0. The first-order valence-electron chi connectivity index (χ1n) is 6.04. The van der Waals surface area contributed by atoms with Crippen molar-refractivity contribution in [3.05, 3.63) is 59.5 Å². The van der Waals surface area contributed by atoms with Gasteiger partial charge in [0.1, 0.15) is 11.5 Å². The molecule has 2 atom stereocenters. The number of furan rings is 1. The fourth-order valence-electron chi connectivity index (χ4n) is 1.98. The molecule has 0 aliphatic rings. The fraction of sp³-hybridized carbons (Fsp3) is 0.333. The monoisotopic (exact) mass is 229 g/mol. The molecule has 1 aromatic heterocycles. The van der Waals surface area contributed by atoms with Crippen molar-refractivity contribution in [1.29, 1.82) is 0 Å². The van der Waals surface area contributed by atoms with E-state index >= 15 is 0 Å². The van der Waals surface area contributed by atoms with E-state index in [1.165, 1.54) is 5.56 Å². The van der Waals surface area contributed by atoms with E-state index in [2.05, 4.69) is 43.4 Å². The Bertz CT molecular complexity index is 461. The van der Waals surface area contributed by atoms with E-state index in [9.17, 15) is 0 Å². The van der Waals surface area contributed by atoms with Crippen LogP contribution in [0.15, 0.2) is 46.9 Å². The minimum absolute atomic E-state index is 0.221. The minimum atomic E-state index is 0.221. The van der Waals surface area contributed by atoms with Crippen molar-refractivity contribution in [2.75, 3.05) is 0 Å². The van der Waals surface area contributed by atoms with Gasteiger partial charge in [-0.15, -0.1) is 0 Å². The molecule has 1 aromatic carbocycles. The molecule has 1 N–H and O–H groups in total. The second kappa shape index (κ2) is 5.19. The maximum absolute atomic E-state index is 5.62. The molecule has 90 valence electrons. The average Bonchev–Trinajstić information content (AvgIpc) is 2.77. The number of hydrogen-bond acceptors (Lipinski definition) is 2. The Kier molecular flexibility index (Phi) is 3.64. The summed E-state index contributed by atoms with van der Waals surface area (Å²) in [6.45, 7) is 6.26. The zero-order chi connectivity index (χ0) is 12.3. The maximum atomic E-state index is 5.62. The molecule has 17 heavy (non-hydrogen) atoms. The van der Waals surface area contributed by atoms with Crippen LogP contribution in [0.3, 0.4) is 0 Å². The quantitative estimate of drug-likeness (QED) is 0.857. The highest BCUT2D eigenvalue weighted by atomic mass is 16.3. The van der Waals surface area contributed by atoms with Gasteiger partial charge in [-0.25, -0.2) is 0 Å². The van der Waals surface area contributed by atoms with E-state index in [4.69, 9.17) is 4.42 Å². The van der Waals surface area contributed by atoms with Gasteiger partial charge in [-0.2, -0.15) is 0 Å². The Morgan fingerprint density at radius 3 is 2.24 bits per heavy atom. The molecular formula is C15H19NO. The topological polar surface area (TPSA) is 25.2 Å². The number of rotatable bonds is 4. The number of hydrogen-bond donors (Lipinski definition) is 1. The number of aryl methyl sites for hydroxylation is 1. The lowest BCUT2D eigenvalue weighted by Crippen LogP contribution is -2.22. The molecule has 2 aromatic rings. The van der Waals surface area contributed by atoms with Gasteiger partial charge in [0.25, 0.3) is 0 Å². The van der Waals surface area contributed by atoms with Gasteiger partial charge in [-0.3, -0.25) is 0 Å². The molecule has 0 saturated heterocycles. The molecule has 2 rings (SSSR count). The average molecular weight is 229 g/mol. The van der Waals surface area contributed by atoms with Crippen LogP contribution in [0.1, 0.15) is 43.0 Å². The molecule has 0 fully saturated rings.